The van der Waals surface area contributed by atoms with Crippen molar-refractivity contribution in [3.05, 3.63) is 83.2 Å². The highest BCUT2D eigenvalue weighted by molar-refractivity contribution is 6.33. The lowest BCUT2D eigenvalue weighted by molar-refractivity contribution is 0.0683. The Morgan fingerprint density at radius 1 is 1.00 bits per heavy atom. The molecule has 2 heterocycles. The highest BCUT2D eigenvalue weighted by Gasteiger charge is 2.35. The van der Waals surface area contributed by atoms with Gasteiger partial charge in [-0.3, -0.25) is 4.79 Å². The lowest BCUT2D eigenvalue weighted by Crippen LogP contribution is -2.32. The van der Waals surface area contributed by atoms with Crippen LogP contribution in [-0.2, 0) is 6.54 Å². The first-order valence-electron chi connectivity index (χ1n) is 9.83. The van der Waals surface area contributed by atoms with Crippen molar-refractivity contribution in [3.8, 4) is 22.8 Å². The molecule has 6 nitrogen and oxygen atoms in total. The summed E-state index contributed by atoms with van der Waals surface area (Å²) in [7, 11) is 0. The summed E-state index contributed by atoms with van der Waals surface area (Å²) in [5.41, 5.74) is 0.939. The molecule has 156 valence electrons. The van der Waals surface area contributed by atoms with Crippen LogP contribution in [0.4, 0.5) is 4.39 Å². The topological polar surface area (TPSA) is 72.4 Å². The molecule has 5 rings (SSSR count). The van der Waals surface area contributed by atoms with Gasteiger partial charge in [-0.05, 0) is 49.2 Å². The number of nitrogens with zero attached hydrogens (tertiary/aromatic N) is 3. The Bertz CT molecular complexity index is 1250. The molecule has 0 N–H and O–H groups in total. The number of benzene rings is 2. The summed E-state index contributed by atoms with van der Waals surface area (Å²) < 4.78 is 25.5. The molecule has 8 heteroatoms. The van der Waals surface area contributed by atoms with E-state index in [1.54, 1.807) is 47.4 Å². The lowest BCUT2D eigenvalue weighted by atomic mass is 10.1. The Morgan fingerprint density at radius 3 is 2.48 bits per heavy atom. The maximum absolute atomic E-state index is 14.0. The highest BCUT2D eigenvalue weighted by Crippen LogP contribution is 2.32. The zero-order valence-electron chi connectivity index (χ0n) is 16.3. The van der Waals surface area contributed by atoms with Crippen LogP contribution < -0.4 is 0 Å². The van der Waals surface area contributed by atoms with Gasteiger partial charge in [-0.2, -0.15) is 0 Å². The SMILES string of the molecule is O=C(c1ccc(-c2ccccc2F)o1)N(Cc1nnc(-c2ccccc2Cl)o1)C1CC1. The van der Waals surface area contributed by atoms with Gasteiger partial charge in [-0.25, -0.2) is 4.39 Å². The highest BCUT2D eigenvalue weighted by atomic mass is 35.5. The third kappa shape index (κ3) is 3.96. The average molecular weight is 438 g/mol. The first-order valence-corrected chi connectivity index (χ1v) is 10.2. The molecule has 31 heavy (non-hydrogen) atoms. The lowest BCUT2D eigenvalue weighted by Gasteiger charge is -2.19. The Kier molecular flexibility index (Phi) is 5.03. The molecular formula is C23H17ClFN3O3. The largest absolute Gasteiger partial charge is 0.451 e. The summed E-state index contributed by atoms with van der Waals surface area (Å²) >= 11 is 6.20. The Morgan fingerprint density at radius 2 is 1.74 bits per heavy atom. The van der Waals surface area contributed by atoms with Gasteiger partial charge >= 0.3 is 0 Å². The van der Waals surface area contributed by atoms with Gasteiger partial charge in [0.25, 0.3) is 5.91 Å². The Hall–Kier alpha value is -3.45. The maximum atomic E-state index is 14.0. The van der Waals surface area contributed by atoms with Gasteiger partial charge in [0.2, 0.25) is 11.8 Å². The van der Waals surface area contributed by atoms with Crippen molar-refractivity contribution < 1.29 is 18.0 Å². The van der Waals surface area contributed by atoms with E-state index in [1.807, 2.05) is 12.1 Å². The number of hydrogen-bond donors (Lipinski definition) is 0. The Labute approximate surface area is 182 Å². The minimum absolute atomic E-state index is 0.0742. The molecule has 0 radical (unpaired) electrons. The molecule has 2 aromatic heterocycles. The second kappa shape index (κ2) is 8.00. The predicted octanol–water partition coefficient (Wildman–Crippen LogP) is 5.59. The predicted molar refractivity (Wildman–Crippen MR) is 112 cm³/mol. The molecule has 0 saturated heterocycles. The summed E-state index contributed by atoms with van der Waals surface area (Å²) in [5, 5.41) is 8.64. The van der Waals surface area contributed by atoms with Crippen LogP contribution in [0.1, 0.15) is 29.3 Å². The maximum Gasteiger partial charge on any atom is 0.290 e. The molecule has 1 amide bonds. The molecule has 0 atom stereocenters. The fourth-order valence-corrected chi connectivity index (χ4v) is 3.58. The summed E-state index contributed by atoms with van der Waals surface area (Å²) in [6.07, 6.45) is 1.77. The van der Waals surface area contributed by atoms with Crippen LogP contribution in [0.25, 0.3) is 22.8 Å². The van der Waals surface area contributed by atoms with E-state index >= 15 is 0 Å². The van der Waals surface area contributed by atoms with Crippen LogP contribution in [0.5, 0.6) is 0 Å². The molecule has 2 aromatic carbocycles. The molecule has 0 spiro atoms. The van der Waals surface area contributed by atoms with Crippen LogP contribution in [-0.4, -0.2) is 27.0 Å². The van der Waals surface area contributed by atoms with Crippen LogP contribution in [0.2, 0.25) is 5.02 Å². The fourth-order valence-electron chi connectivity index (χ4n) is 3.36. The van der Waals surface area contributed by atoms with E-state index in [0.717, 1.165) is 12.8 Å². The van der Waals surface area contributed by atoms with Gasteiger partial charge in [0.05, 0.1) is 22.7 Å². The molecule has 1 aliphatic carbocycles. The van der Waals surface area contributed by atoms with Gasteiger partial charge in [0.1, 0.15) is 11.6 Å². The number of carbonyl (C=O) groups is 1. The summed E-state index contributed by atoms with van der Waals surface area (Å²) in [6, 6.07) is 16.7. The van der Waals surface area contributed by atoms with Crippen molar-refractivity contribution in [2.24, 2.45) is 0 Å². The van der Waals surface area contributed by atoms with Gasteiger partial charge in [0, 0.05) is 6.04 Å². The van der Waals surface area contributed by atoms with Crippen molar-refractivity contribution in [3.63, 3.8) is 0 Å². The number of furan rings is 1. The first-order chi connectivity index (χ1) is 15.1. The standard InChI is InChI=1S/C23H17ClFN3O3/c24-17-7-3-1-5-15(17)22-27-26-21(31-22)13-28(14-9-10-14)23(29)20-12-11-19(30-20)16-6-2-4-8-18(16)25/h1-8,11-12,14H,9-10,13H2. The third-order valence-corrected chi connectivity index (χ3v) is 5.41. The summed E-state index contributed by atoms with van der Waals surface area (Å²) in [5.74, 6) is 0.321. The van der Waals surface area contributed by atoms with Crippen LogP contribution in [0, 0.1) is 5.82 Å². The normalized spacial score (nSPS) is 13.4. The van der Waals surface area contributed by atoms with E-state index in [-0.39, 0.29) is 24.3 Å². The zero-order valence-corrected chi connectivity index (χ0v) is 17.1. The van der Waals surface area contributed by atoms with Crippen LogP contribution in [0.15, 0.2) is 69.5 Å². The molecule has 4 aromatic rings. The van der Waals surface area contributed by atoms with Crippen molar-refractivity contribution >= 4 is 17.5 Å². The first kappa shape index (κ1) is 19.5. The van der Waals surface area contributed by atoms with Crippen molar-refractivity contribution in [1.82, 2.24) is 15.1 Å². The monoisotopic (exact) mass is 437 g/mol. The van der Waals surface area contributed by atoms with Gasteiger partial charge in [0.15, 0.2) is 5.76 Å². The molecule has 1 fully saturated rings. The molecule has 0 unspecified atom stereocenters. The summed E-state index contributed by atoms with van der Waals surface area (Å²) in [6.45, 7) is 0.149. The van der Waals surface area contributed by atoms with Crippen molar-refractivity contribution in [2.75, 3.05) is 0 Å². The van der Waals surface area contributed by atoms with E-state index < -0.39 is 5.82 Å². The van der Waals surface area contributed by atoms with Crippen molar-refractivity contribution in [2.45, 2.75) is 25.4 Å². The smallest absolute Gasteiger partial charge is 0.290 e. The van der Waals surface area contributed by atoms with Gasteiger partial charge < -0.3 is 13.7 Å². The molecule has 1 saturated carbocycles. The number of carbonyl (C=O) groups excluding carboxylic acids is 1. The van der Waals surface area contributed by atoms with E-state index in [0.29, 0.717) is 33.7 Å². The molecule has 1 aliphatic rings. The fraction of sp³-hybridized carbons (Fsp3) is 0.174. The van der Waals surface area contributed by atoms with E-state index in [1.165, 1.54) is 6.07 Å². The zero-order chi connectivity index (χ0) is 21.4. The van der Waals surface area contributed by atoms with Crippen LogP contribution >= 0.6 is 11.6 Å². The minimum Gasteiger partial charge on any atom is -0.451 e. The van der Waals surface area contributed by atoms with Gasteiger partial charge in [-0.1, -0.05) is 35.9 Å². The average Bonchev–Trinajstić information content (AvgIpc) is 3.31. The molecule has 0 bridgehead atoms. The molecule has 0 aliphatic heterocycles. The third-order valence-electron chi connectivity index (χ3n) is 5.08. The van der Waals surface area contributed by atoms with E-state index in [4.69, 9.17) is 20.4 Å². The Balaban J connectivity index is 1.37. The van der Waals surface area contributed by atoms with E-state index in [9.17, 15) is 9.18 Å². The van der Waals surface area contributed by atoms with Crippen molar-refractivity contribution in [1.29, 1.82) is 0 Å². The number of hydrogen-bond acceptors (Lipinski definition) is 5. The quantitative estimate of drug-likeness (QED) is 0.393. The van der Waals surface area contributed by atoms with Crippen LogP contribution in [0.3, 0.4) is 0 Å². The second-order valence-corrected chi connectivity index (χ2v) is 7.70. The minimum atomic E-state index is -0.409. The number of aromatic nitrogens is 2. The number of amides is 1. The summed E-state index contributed by atoms with van der Waals surface area (Å²) in [4.78, 5) is 14.8. The second-order valence-electron chi connectivity index (χ2n) is 7.29. The number of rotatable bonds is 6. The number of halogens is 2. The molecular weight excluding hydrogens is 421 g/mol. The van der Waals surface area contributed by atoms with Gasteiger partial charge in [-0.15, -0.1) is 10.2 Å². The van der Waals surface area contributed by atoms with E-state index in [2.05, 4.69) is 10.2 Å².